The highest BCUT2D eigenvalue weighted by Crippen LogP contribution is 2.35. The van der Waals surface area contributed by atoms with E-state index in [9.17, 15) is 9.90 Å². The molecule has 0 aliphatic heterocycles. The zero-order valence-corrected chi connectivity index (χ0v) is 13.5. The van der Waals surface area contributed by atoms with Gasteiger partial charge in [0.2, 0.25) is 11.2 Å². The molecule has 0 aliphatic carbocycles. The summed E-state index contributed by atoms with van der Waals surface area (Å²) in [6, 6.07) is 12.1. The normalized spacial score (nSPS) is 10.8. The molecule has 0 atom stereocenters. The second-order valence-corrected chi connectivity index (χ2v) is 5.32. The summed E-state index contributed by atoms with van der Waals surface area (Å²) >= 11 is 0. The summed E-state index contributed by atoms with van der Waals surface area (Å²) in [5.74, 6) is 0.646. The topological polar surface area (TPSA) is 68.9 Å². The third-order valence-corrected chi connectivity index (χ3v) is 3.65. The first-order valence-electron chi connectivity index (χ1n) is 7.71. The van der Waals surface area contributed by atoms with Crippen molar-refractivity contribution < 1.29 is 19.0 Å². The van der Waals surface area contributed by atoms with E-state index in [1.165, 1.54) is 7.11 Å². The summed E-state index contributed by atoms with van der Waals surface area (Å²) in [7, 11) is 1.52. The SMILES string of the molecule is CCCOc1cc2c(=O)c(O)c(-c3ccccc3)oc2cc1OC. The van der Waals surface area contributed by atoms with Gasteiger partial charge in [0.15, 0.2) is 17.3 Å². The Balaban J connectivity index is 2.23. The largest absolute Gasteiger partial charge is 0.502 e. The molecule has 3 aromatic rings. The summed E-state index contributed by atoms with van der Waals surface area (Å²) < 4.78 is 16.7. The fraction of sp³-hybridized carbons (Fsp3) is 0.211. The fourth-order valence-electron chi connectivity index (χ4n) is 2.46. The molecule has 0 spiro atoms. The molecule has 124 valence electrons. The summed E-state index contributed by atoms with van der Waals surface area (Å²) in [5, 5.41) is 10.5. The van der Waals surface area contributed by atoms with Gasteiger partial charge >= 0.3 is 0 Å². The molecule has 0 amide bonds. The Bertz CT molecular complexity index is 912. The average Bonchev–Trinajstić information content (AvgIpc) is 2.63. The van der Waals surface area contributed by atoms with Crippen molar-refractivity contribution in [3.05, 3.63) is 52.7 Å². The van der Waals surface area contributed by atoms with Crippen LogP contribution in [0.15, 0.2) is 51.7 Å². The number of benzene rings is 2. The van der Waals surface area contributed by atoms with Crippen LogP contribution in [-0.4, -0.2) is 18.8 Å². The van der Waals surface area contributed by atoms with Crippen LogP contribution in [0.25, 0.3) is 22.3 Å². The molecule has 1 aromatic heterocycles. The van der Waals surface area contributed by atoms with Crippen LogP contribution in [0.1, 0.15) is 13.3 Å². The lowest BCUT2D eigenvalue weighted by Gasteiger charge is -2.12. The Labute approximate surface area is 139 Å². The van der Waals surface area contributed by atoms with E-state index in [4.69, 9.17) is 13.9 Å². The minimum atomic E-state index is -0.501. The van der Waals surface area contributed by atoms with Crippen molar-refractivity contribution in [1.29, 1.82) is 0 Å². The van der Waals surface area contributed by atoms with E-state index >= 15 is 0 Å². The molecule has 5 nitrogen and oxygen atoms in total. The average molecular weight is 326 g/mol. The molecular weight excluding hydrogens is 308 g/mol. The van der Waals surface area contributed by atoms with E-state index in [-0.39, 0.29) is 11.1 Å². The molecule has 3 rings (SSSR count). The van der Waals surface area contributed by atoms with Gasteiger partial charge in [0.05, 0.1) is 19.1 Å². The van der Waals surface area contributed by atoms with Crippen LogP contribution in [0.3, 0.4) is 0 Å². The summed E-state index contributed by atoms with van der Waals surface area (Å²) in [6.07, 6.45) is 0.827. The standard InChI is InChI=1S/C19H18O5/c1-3-9-23-16-10-13-14(11-15(16)22-2)24-19(18(21)17(13)20)12-7-5-4-6-8-12/h4-8,10-11,21H,3,9H2,1-2H3. The zero-order chi connectivity index (χ0) is 17.1. The van der Waals surface area contributed by atoms with Gasteiger partial charge < -0.3 is 19.0 Å². The Morgan fingerprint density at radius 2 is 1.88 bits per heavy atom. The van der Waals surface area contributed by atoms with E-state index in [1.54, 1.807) is 36.4 Å². The Morgan fingerprint density at radius 3 is 2.54 bits per heavy atom. The summed E-state index contributed by atoms with van der Waals surface area (Å²) in [4.78, 5) is 12.5. The molecule has 1 N–H and O–H groups in total. The van der Waals surface area contributed by atoms with E-state index in [0.717, 1.165) is 6.42 Å². The highest BCUT2D eigenvalue weighted by molar-refractivity contribution is 5.84. The van der Waals surface area contributed by atoms with Gasteiger partial charge in [-0.1, -0.05) is 37.3 Å². The maximum absolute atomic E-state index is 12.5. The van der Waals surface area contributed by atoms with E-state index in [0.29, 0.717) is 29.3 Å². The molecule has 1 heterocycles. The third-order valence-electron chi connectivity index (χ3n) is 3.65. The molecule has 0 unspecified atom stereocenters. The van der Waals surface area contributed by atoms with Gasteiger partial charge in [-0.3, -0.25) is 4.79 Å². The minimum Gasteiger partial charge on any atom is -0.502 e. The molecule has 5 heteroatoms. The number of fused-ring (bicyclic) bond motifs is 1. The number of ether oxygens (including phenoxy) is 2. The van der Waals surface area contributed by atoms with Crippen molar-refractivity contribution >= 4 is 11.0 Å². The van der Waals surface area contributed by atoms with E-state index in [2.05, 4.69) is 0 Å². The number of methoxy groups -OCH3 is 1. The zero-order valence-electron chi connectivity index (χ0n) is 13.5. The molecular formula is C19H18O5. The number of aromatic hydroxyl groups is 1. The van der Waals surface area contributed by atoms with Gasteiger partial charge in [0.25, 0.3) is 0 Å². The third kappa shape index (κ3) is 2.80. The van der Waals surface area contributed by atoms with Crippen molar-refractivity contribution in [2.24, 2.45) is 0 Å². The van der Waals surface area contributed by atoms with Crippen LogP contribution in [-0.2, 0) is 0 Å². The summed E-state index contributed by atoms with van der Waals surface area (Å²) in [6.45, 7) is 2.49. The number of hydrogen-bond acceptors (Lipinski definition) is 5. The molecule has 0 fully saturated rings. The maximum atomic E-state index is 12.5. The van der Waals surface area contributed by atoms with Crippen molar-refractivity contribution in [3.8, 4) is 28.6 Å². The lowest BCUT2D eigenvalue weighted by atomic mass is 10.1. The minimum absolute atomic E-state index is 0.136. The van der Waals surface area contributed by atoms with Crippen LogP contribution in [0.5, 0.6) is 17.2 Å². The highest BCUT2D eigenvalue weighted by Gasteiger charge is 2.18. The molecule has 0 radical (unpaired) electrons. The first kappa shape index (κ1) is 15.9. The van der Waals surface area contributed by atoms with Crippen LogP contribution < -0.4 is 14.9 Å². The van der Waals surface area contributed by atoms with Crippen LogP contribution in [0.2, 0.25) is 0 Å². The quantitative estimate of drug-likeness (QED) is 0.768. The first-order chi connectivity index (χ1) is 11.7. The predicted molar refractivity (Wildman–Crippen MR) is 91.9 cm³/mol. The lowest BCUT2D eigenvalue weighted by molar-refractivity contribution is 0.294. The number of hydrogen-bond donors (Lipinski definition) is 1. The Hall–Kier alpha value is -2.95. The molecule has 0 saturated heterocycles. The first-order valence-corrected chi connectivity index (χ1v) is 7.71. The van der Waals surface area contributed by atoms with Gasteiger partial charge in [0.1, 0.15) is 5.58 Å². The molecule has 0 bridgehead atoms. The molecule has 2 aromatic carbocycles. The lowest BCUT2D eigenvalue weighted by Crippen LogP contribution is -2.05. The van der Waals surface area contributed by atoms with Gasteiger partial charge in [0, 0.05) is 11.6 Å². The Kier molecular flexibility index (Phi) is 4.42. The van der Waals surface area contributed by atoms with Crippen LogP contribution >= 0.6 is 0 Å². The van der Waals surface area contributed by atoms with Crippen molar-refractivity contribution in [3.63, 3.8) is 0 Å². The monoisotopic (exact) mass is 326 g/mol. The van der Waals surface area contributed by atoms with E-state index in [1.807, 2.05) is 13.0 Å². The van der Waals surface area contributed by atoms with Gasteiger partial charge in [-0.05, 0) is 12.5 Å². The van der Waals surface area contributed by atoms with Crippen LogP contribution in [0, 0.1) is 0 Å². The van der Waals surface area contributed by atoms with Crippen molar-refractivity contribution in [2.75, 3.05) is 13.7 Å². The predicted octanol–water partition coefficient (Wildman–Crippen LogP) is 3.96. The molecule has 24 heavy (non-hydrogen) atoms. The molecule has 0 aliphatic rings. The smallest absolute Gasteiger partial charge is 0.235 e. The highest BCUT2D eigenvalue weighted by atomic mass is 16.5. The Morgan fingerprint density at radius 1 is 1.12 bits per heavy atom. The van der Waals surface area contributed by atoms with Gasteiger partial charge in [-0.2, -0.15) is 0 Å². The van der Waals surface area contributed by atoms with Crippen molar-refractivity contribution in [2.45, 2.75) is 13.3 Å². The second kappa shape index (κ2) is 6.66. The van der Waals surface area contributed by atoms with Gasteiger partial charge in [-0.25, -0.2) is 0 Å². The fourth-order valence-corrected chi connectivity index (χ4v) is 2.46. The van der Waals surface area contributed by atoms with Gasteiger partial charge in [-0.15, -0.1) is 0 Å². The molecule has 0 saturated carbocycles. The second-order valence-electron chi connectivity index (χ2n) is 5.32. The summed E-state index contributed by atoms with van der Waals surface area (Å²) in [5.41, 5.74) is 0.454. The number of rotatable bonds is 5. The van der Waals surface area contributed by atoms with Crippen LogP contribution in [0.4, 0.5) is 0 Å². The maximum Gasteiger partial charge on any atom is 0.235 e. The van der Waals surface area contributed by atoms with E-state index < -0.39 is 11.2 Å². The van der Waals surface area contributed by atoms with Crippen molar-refractivity contribution in [1.82, 2.24) is 0 Å².